The van der Waals surface area contributed by atoms with Crippen LogP contribution in [0.5, 0.6) is 0 Å². The molecule has 2 fully saturated rings. The van der Waals surface area contributed by atoms with E-state index < -0.39 is 5.54 Å². The van der Waals surface area contributed by atoms with Crippen LogP contribution in [0.25, 0.3) is 5.69 Å². The van der Waals surface area contributed by atoms with E-state index in [1.807, 2.05) is 4.90 Å². The molecular weight excluding hydrogens is 429 g/mol. The highest BCUT2D eigenvalue weighted by molar-refractivity contribution is 6.32. The third-order valence-electron chi connectivity index (χ3n) is 5.78. The van der Waals surface area contributed by atoms with E-state index in [-0.39, 0.29) is 17.2 Å². The van der Waals surface area contributed by atoms with E-state index in [0.717, 1.165) is 19.3 Å². The van der Waals surface area contributed by atoms with Gasteiger partial charge in [-0.1, -0.05) is 30.1 Å². The molecule has 0 radical (unpaired) electrons. The van der Waals surface area contributed by atoms with Crippen LogP contribution < -0.4 is 5.32 Å². The van der Waals surface area contributed by atoms with Gasteiger partial charge in [0, 0.05) is 25.1 Å². The molecule has 1 aromatic carbocycles. The van der Waals surface area contributed by atoms with Crippen molar-refractivity contribution in [2.75, 3.05) is 5.32 Å². The Labute approximate surface area is 182 Å². The second kappa shape index (κ2) is 6.95. The smallest absolute Gasteiger partial charge is 0.323 e. The second-order valence-corrected chi connectivity index (χ2v) is 8.78. The van der Waals surface area contributed by atoms with Gasteiger partial charge in [-0.15, -0.1) is 20.1 Å². The fraction of sp³-hybridized carbons (Fsp3) is 0.421. The molecule has 30 heavy (non-hydrogen) atoms. The number of fused-ring (bicyclic) bond motifs is 2. The summed E-state index contributed by atoms with van der Waals surface area (Å²) >= 11 is 12.1. The third-order valence-corrected chi connectivity index (χ3v) is 6.27. The van der Waals surface area contributed by atoms with Crippen LogP contribution in [0.3, 0.4) is 0 Å². The summed E-state index contributed by atoms with van der Waals surface area (Å²) in [7, 11) is 0. The largest absolute Gasteiger partial charge is 0.423 e. The van der Waals surface area contributed by atoms with Crippen molar-refractivity contribution in [3.05, 3.63) is 46.4 Å². The van der Waals surface area contributed by atoms with Crippen molar-refractivity contribution in [1.29, 1.82) is 0 Å². The number of halogens is 2. The van der Waals surface area contributed by atoms with Crippen LogP contribution >= 0.6 is 23.2 Å². The van der Waals surface area contributed by atoms with Gasteiger partial charge >= 0.3 is 6.03 Å². The Balaban J connectivity index is 1.43. The average molecular weight is 448 g/mol. The Morgan fingerprint density at radius 3 is 2.83 bits per heavy atom. The fourth-order valence-corrected chi connectivity index (χ4v) is 5.03. The molecule has 1 saturated carbocycles. The first-order valence-corrected chi connectivity index (χ1v) is 10.4. The van der Waals surface area contributed by atoms with Crippen molar-refractivity contribution in [3.63, 3.8) is 0 Å². The molecule has 3 heterocycles. The number of nitrogens with one attached hydrogen (secondary N) is 1. The van der Waals surface area contributed by atoms with E-state index in [9.17, 15) is 4.79 Å². The molecule has 1 unspecified atom stereocenters. The SMILES string of the molecule is Cc1nnc(C23C[C@H](C)C[C@H](C2)N3C(=O)Nc2ccc(Cl)c(-n3ncc(Cl)n3)c2)o1. The van der Waals surface area contributed by atoms with Gasteiger partial charge in [0.05, 0.1) is 11.2 Å². The van der Waals surface area contributed by atoms with Gasteiger partial charge in [-0.3, -0.25) is 0 Å². The highest BCUT2D eigenvalue weighted by atomic mass is 35.5. The second-order valence-electron chi connectivity index (χ2n) is 7.98. The number of carbonyl (C=O) groups excluding carboxylic acids is 1. The lowest BCUT2D eigenvalue weighted by Crippen LogP contribution is -2.70. The van der Waals surface area contributed by atoms with Crippen LogP contribution in [0.15, 0.2) is 28.8 Å². The lowest BCUT2D eigenvalue weighted by atomic mass is 9.64. The summed E-state index contributed by atoms with van der Waals surface area (Å²) in [5.41, 5.74) is 0.531. The molecule has 1 N–H and O–H groups in total. The lowest BCUT2D eigenvalue weighted by Gasteiger charge is -2.61. The van der Waals surface area contributed by atoms with Crippen molar-refractivity contribution in [2.24, 2.45) is 5.92 Å². The van der Waals surface area contributed by atoms with E-state index in [2.05, 4.69) is 32.6 Å². The number of hydrogen-bond donors (Lipinski definition) is 1. The van der Waals surface area contributed by atoms with Crippen LogP contribution in [0.4, 0.5) is 10.5 Å². The molecule has 1 aliphatic heterocycles. The number of anilines is 1. The number of piperidine rings is 1. The fourth-order valence-electron chi connectivity index (χ4n) is 4.72. The van der Waals surface area contributed by atoms with Crippen LogP contribution in [0.1, 0.15) is 38.0 Å². The van der Waals surface area contributed by atoms with Gasteiger partial charge in [-0.2, -0.15) is 5.10 Å². The van der Waals surface area contributed by atoms with Crippen LogP contribution in [-0.4, -0.2) is 42.2 Å². The van der Waals surface area contributed by atoms with Gasteiger partial charge in [0.2, 0.25) is 11.8 Å². The van der Waals surface area contributed by atoms with Crippen molar-refractivity contribution in [3.8, 4) is 5.69 Å². The minimum absolute atomic E-state index is 0.138. The molecule has 11 heteroatoms. The molecule has 156 valence electrons. The first-order chi connectivity index (χ1) is 14.4. The first-order valence-electron chi connectivity index (χ1n) is 9.64. The molecule has 1 aliphatic carbocycles. The Kier molecular flexibility index (Phi) is 4.48. The maximum atomic E-state index is 13.3. The summed E-state index contributed by atoms with van der Waals surface area (Å²) in [5, 5.41) is 20.0. The van der Waals surface area contributed by atoms with Crippen LogP contribution in [0, 0.1) is 12.8 Å². The normalized spacial score (nSPS) is 25.1. The number of hydrogen-bond acceptors (Lipinski definition) is 6. The summed E-state index contributed by atoms with van der Waals surface area (Å²) in [6.07, 6.45) is 3.99. The predicted molar refractivity (Wildman–Crippen MR) is 110 cm³/mol. The number of amides is 2. The quantitative estimate of drug-likeness (QED) is 0.645. The van der Waals surface area contributed by atoms with Gasteiger partial charge in [0.15, 0.2) is 5.15 Å². The summed E-state index contributed by atoms with van der Waals surface area (Å²) < 4.78 is 5.74. The summed E-state index contributed by atoms with van der Waals surface area (Å²) in [4.78, 5) is 16.4. The van der Waals surface area contributed by atoms with E-state index in [4.69, 9.17) is 27.6 Å². The summed E-state index contributed by atoms with van der Waals surface area (Å²) in [6.45, 7) is 3.94. The zero-order valence-corrected chi connectivity index (χ0v) is 17.9. The van der Waals surface area contributed by atoms with Crippen molar-refractivity contribution in [2.45, 2.75) is 44.7 Å². The van der Waals surface area contributed by atoms with E-state index >= 15 is 0 Å². The Hall–Kier alpha value is -2.65. The van der Waals surface area contributed by atoms with Crippen molar-refractivity contribution in [1.82, 2.24) is 30.1 Å². The predicted octanol–water partition coefficient (Wildman–Crippen LogP) is 4.20. The standard InChI is InChI=1S/C19H19Cl2N7O2/c1-10-5-13-8-19(7-10,17-25-24-11(2)30-17)27(13)18(29)23-12-3-4-14(20)15(6-12)28-22-9-16(21)26-28/h3-4,6,9-10,13H,5,7-8H2,1-2H3,(H,23,29)/t10-,13-,19?/m1/s1. The molecular formula is C19H19Cl2N7O2. The van der Waals surface area contributed by atoms with Crippen LogP contribution in [-0.2, 0) is 5.54 Å². The number of nitrogens with zero attached hydrogens (tertiary/aromatic N) is 6. The molecule has 9 nitrogen and oxygen atoms in total. The van der Waals surface area contributed by atoms with Gasteiger partial charge in [-0.25, -0.2) is 4.79 Å². The molecule has 3 atom stereocenters. The third kappa shape index (κ3) is 3.04. The van der Waals surface area contributed by atoms with Gasteiger partial charge in [-0.05, 0) is 37.0 Å². The Bertz CT molecular complexity index is 1130. The number of likely N-dealkylation sites (tertiary alicyclic amines) is 1. The topological polar surface area (TPSA) is 102 Å². The molecule has 2 aromatic heterocycles. The van der Waals surface area contributed by atoms with Crippen molar-refractivity contribution >= 4 is 34.9 Å². The number of benzene rings is 1. The highest BCUT2D eigenvalue weighted by Gasteiger charge is 2.62. The average Bonchev–Trinajstić information content (AvgIpc) is 3.31. The minimum Gasteiger partial charge on any atom is -0.423 e. The van der Waals surface area contributed by atoms with Gasteiger partial charge in [0.1, 0.15) is 11.2 Å². The number of aromatic nitrogens is 5. The maximum absolute atomic E-state index is 13.3. The molecule has 0 spiro atoms. The van der Waals surface area contributed by atoms with E-state index in [1.54, 1.807) is 25.1 Å². The van der Waals surface area contributed by atoms with E-state index in [0.29, 0.717) is 34.1 Å². The number of urea groups is 1. The summed E-state index contributed by atoms with van der Waals surface area (Å²) in [5.74, 6) is 1.47. The highest BCUT2D eigenvalue weighted by Crippen LogP contribution is 2.55. The molecule has 3 aromatic rings. The van der Waals surface area contributed by atoms with Gasteiger partial charge < -0.3 is 14.6 Å². The molecule has 5 rings (SSSR count). The van der Waals surface area contributed by atoms with E-state index in [1.165, 1.54) is 11.0 Å². The minimum atomic E-state index is -0.556. The molecule has 1 saturated heterocycles. The molecule has 2 amide bonds. The van der Waals surface area contributed by atoms with Crippen molar-refractivity contribution < 1.29 is 9.21 Å². The summed E-state index contributed by atoms with van der Waals surface area (Å²) in [6, 6.07) is 5.04. The molecule has 2 aliphatic rings. The zero-order valence-electron chi connectivity index (χ0n) is 16.3. The zero-order chi connectivity index (χ0) is 21.0. The Morgan fingerprint density at radius 1 is 1.30 bits per heavy atom. The maximum Gasteiger partial charge on any atom is 0.323 e. The first kappa shape index (κ1) is 19.3. The molecule has 2 bridgehead atoms. The Morgan fingerprint density at radius 2 is 2.13 bits per heavy atom. The van der Waals surface area contributed by atoms with Gasteiger partial charge in [0.25, 0.3) is 0 Å². The lowest BCUT2D eigenvalue weighted by molar-refractivity contribution is -0.110. The number of carbonyl (C=O) groups is 1. The monoisotopic (exact) mass is 447 g/mol. The number of rotatable bonds is 3. The van der Waals surface area contributed by atoms with Crippen LogP contribution in [0.2, 0.25) is 10.2 Å². The number of aryl methyl sites for hydroxylation is 1.